The standard InChI is InChI=1S/C19H16N2O5/c22-19(21-7-1-3-14(21)15-4-2-8-23-15)13-10-17(26-20-13)12-5-6-16-18(9-12)25-11-24-16/h2,4-6,8-10,14H,1,3,7,11H2. The summed E-state index contributed by atoms with van der Waals surface area (Å²) in [5, 5.41) is 3.98. The zero-order valence-electron chi connectivity index (χ0n) is 13.9. The molecule has 3 aromatic rings. The SMILES string of the molecule is O=C(c1cc(-c2ccc3c(c2)OCO3)on1)N1CCCC1c1ccco1. The molecule has 0 bridgehead atoms. The molecular weight excluding hydrogens is 336 g/mol. The molecule has 1 aromatic carbocycles. The molecule has 132 valence electrons. The van der Waals surface area contributed by atoms with Crippen molar-refractivity contribution in [3.63, 3.8) is 0 Å². The van der Waals surface area contributed by atoms with Gasteiger partial charge in [0, 0.05) is 18.2 Å². The van der Waals surface area contributed by atoms with Crippen molar-refractivity contribution in [1.29, 1.82) is 0 Å². The molecule has 4 heterocycles. The average Bonchev–Trinajstić information content (AvgIpc) is 3.47. The van der Waals surface area contributed by atoms with Crippen LogP contribution in [0.1, 0.15) is 35.1 Å². The van der Waals surface area contributed by atoms with Gasteiger partial charge in [-0.05, 0) is 43.2 Å². The van der Waals surface area contributed by atoms with E-state index in [2.05, 4.69) is 5.16 Å². The summed E-state index contributed by atoms with van der Waals surface area (Å²) in [5.74, 6) is 2.52. The van der Waals surface area contributed by atoms with E-state index in [9.17, 15) is 4.79 Å². The van der Waals surface area contributed by atoms with E-state index in [0.29, 0.717) is 23.8 Å². The predicted octanol–water partition coefficient (Wildman–Crippen LogP) is 3.64. The van der Waals surface area contributed by atoms with Crippen molar-refractivity contribution in [2.24, 2.45) is 0 Å². The highest BCUT2D eigenvalue weighted by Crippen LogP contribution is 2.37. The Morgan fingerprint density at radius 1 is 1.15 bits per heavy atom. The molecule has 2 aromatic heterocycles. The summed E-state index contributed by atoms with van der Waals surface area (Å²) in [6.45, 7) is 0.887. The number of carbonyl (C=O) groups excluding carboxylic acids is 1. The van der Waals surface area contributed by atoms with Gasteiger partial charge in [0.1, 0.15) is 5.76 Å². The van der Waals surface area contributed by atoms with Crippen LogP contribution in [0.5, 0.6) is 11.5 Å². The minimum atomic E-state index is -0.153. The Bertz CT molecular complexity index is 947. The highest BCUT2D eigenvalue weighted by atomic mass is 16.7. The van der Waals surface area contributed by atoms with Crippen LogP contribution in [0, 0.1) is 0 Å². The summed E-state index contributed by atoms with van der Waals surface area (Å²) < 4.78 is 21.6. The van der Waals surface area contributed by atoms with E-state index >= 15 is 0 Å². The van der Waals surface area contributed by atoms with E-state index in [1.165, 1.54) is 0 Å². The van der Waals surface area contributed by atoms with Gasteiger partial charge in [0.05, 0.1) is 12.3 Å². The lowest BCUT2D eigenvalue weighted by molar-refractivity contribution is 0.0709. The molecule has 1 fully saturated rings. The molecule has 1 atom stereocenters. The first kappa shape index (κ1) is 15.1. The minimum Gasteiger partial charge on any atom is -0.467 e. The predicted molar refractivity (Wildman–Crippen MR) is 89.8 cm³/mol. The maximum Gasteiger partial charge on any atom is 0.276 e. The Morgan fingerprint density at radius 3 is 2.96 bits per heavy atom. The van der Waals surface area contributed by atoms with Crippen molar-refractivity contribution in [3.05, 3.63) is 54.1 Å². The zero-order valence-corrected chi connectivity index (χ0v) is 13.9. The van der Waals surface area contributed by atoms with E-state index in [1.54, 1.807) is 17.2 Å². The molecule has 0 saturated carbocycles. The lowest BCUT2D eigenvalue weighted by Crippen LogP contribution is -2.30. The van der Waals surface area contributed by atoms with Gasteiger partial charge in [-0.1, -0.05) is 5.16 Å². The number of likely N-dealkylation sites (tertiary alicyclic amines) is 1. The van der Waals surface area contributed by atoms with Gasteiger partial charge in [-0.15, -0.1) is 0 Å². The molecule has 0 spiro atoms. The highest BCUT2D eigenvalue weighted by Gasteiger charge is 2.33. The smallest absolute Gasteiger partial charge is 0.276 e. The number of rotatable bonds is 3. The number of fused-ring (bicyclic) bond motifs is 1. The van der Waals surface area contributed by atoms with Gasteiger partial charge in [-0.3, -0.25) is 4.79 Å². The van der Waals surface area contributed by atoms with Crippen LogP contribution in [0.3, 0.4) is 0 Å². The first-order chi connectivity index (χ1) is 12.8. The first-order valence-corrected chi connectivity index (χ1v) is 8.51. The summed E-state index contributed by atoms with van der Waals surface area (Å²) in [7, 11) is 0. The fourth-order valence-electron chi connectivity index (χ4n) is 3.50. The third-order valence-electron chi connectivity index (χ3n) is 4.77. The summed E-state index contributed by atoms with van der Waals surface area (Å²) in [6.07, 6.45) is 3.44. The maximum absolute atomic E-state index is 12.9. The third kappa shape index (κ3) is 2.44. The number of ether oxygens (including phenoxy) is 2. The van der Waals surface area contributed by atoms with E-state index in [-0.39, 0.29) is 24.4 Å². The molecule has 0 radical (unpaired) electrons. The number of hydrogen-bond donors (Lipinski definition) is 0. The zero-order chi connectivity index (χ0) is 17.5. The third-order valence-corrected chi connectivity index (χ3v) is 4.77. The number of nitrogens with zero attached hydrogens (tertiary/aromatic N) is 2. The number of amides is 1. The first-order valence-electron chi connectivity index (χ1n) is 8.51. The van der Waals surface area contributed by atoms with Crippen molar-refractivity contribution in [3.8, 4) is 22.8 Å². The normalized spacial score (nSPS) is 18.5. The fourth-order valence-corrected chi connectivity index (χ4v) is 3.50. The number of aromatic nitrogens is 1. The van der Waals surface area contributed by atoms with Gasteiger partial charge < -0.3 is 23.3 Å². The molecule has 1 saturated heterocycles. The quantitative estimate of drug-likeness (QED) is 0.716. The summed E-state index contributed by atoms with van der Waals surface area (Å²) in [6, 6.07) is 10.8. The van der Waals surface area contributed by atoms with Crippen LogP contribution in [-0.2, 0) is 0 Å². The van der Waals surface area contributed by atoms with Crippen molar-refractivity contribution in [2.75, 3.05) is 13.3 Å². The van der Waals surface area contributed by atoms with Gasteiger partial charge in [0.25, 0.3) is 5.91 Å². The molecule has 7 nitrogen and oxygen atoms in total. The number of furan rings is 1. The molecule has 1 amide bonds. The van der Waals surface area contributed by atoms with Crippen molar-refractivity contribution < 1.29 is 23.2 Å². The van der Waals surface area contributed by atoms with Gasteiger partial charge in [0.2, 0.25) is 6.79 Å². The molecule has 2 aliphatic heterocycles. The summed E-state index contributed by atoms with van der Waals surface area (Å²) in [4.78, 5) is 14.7. The van der Waals surface area contributed by atoms with Gasteiger partial charge in [-0.25, -0.2) is 0 Å². The molecule has 1 unspecified atom stereocenters. The van der Waals surface area contributed by atoms with Crippen LogP contribution in [-0.4, -0.2) is 29.3 Å². The Kier molecular flexibility index (Phi) is 3.44. The summed E-state index contributed by atoms with van der Waals surface area (Å²) >= 11 is 0. The molecule has 2 aliphatic rings. The Morgan fingerprint density at radius 2 is 2.08 bits per heavy atom. The fraction of sp³-hybridized carbons (Fsp3) is 0.263. The molecule has 0 aliphatic carbocycles. The Labute approximate surface area is 149 Å². The Hall–Kier alpha value is -3.22. The second-order valence-electron chi connectivity index (χ2n) is 6.32. The van der Waals surface area contributed by atoms with Crippen LogP contribution < -0.4 is 9.47 Å². The van der Waals surface area contributed by atoms with Crippen molar-refractivity contribution in [2.45, 2.75) is 18.9 Å². The second-order valence-corrected chi connectivity index (χ2v) is 6.32. The monoisotopic (exact) mass is 352 g/mol. The van der Waals surface area contributed by atoms with Gasteiger partial charge in [-0.2, -0.15) is 0 Å². The maximum atomic E-state index is 12.9. The highest BCUT2D eigenvalue weighted by molar-refractivity contribution is 5.93. The van der Waals surface area contributed by atoms with Crippen LogP contribution >= 0.6 is 0 Å². The van der Waals surface area contributed by atoms with E-state index < -0.39 is 0 Å². The number of carbonyl (C=O) groups is 1. The van der Waals surface area contributed by atoms with Crippen LogP contribution in [0.2, 0.25) is 0 Å². The van der Waals surface area contributed by atoms with Crippen molar-refractivity contribution in [1.82, 2.24) is 10.1 Å². The molecule has 26 heavy (non-hydrogen) atoms. The topological polar surface area (TPSA) is 77.9 Å². The van der Waals surface area contributed by atoms with E-state index in [0.717, 1.165) is 24.2 Å². The molecule has 7 heteroatoms. The molecular formula is C19H16N2O5. The average molecular weight is 352 g/mol. The lowest BCUT2D eigenvalue weighted by Gasteiger charge is -2.21. The number of hydrogen-bond acceptors (Lipinski definition) is 6. The van der Waals surface area contributed by atoms with E-state index in [4.69, 9.17) is 18.4 Å². The van der Waals surface area contributed by atoms with Crippen LogP contribution in [0.15, 0.2) is 51.6 Å². The number of benzene rings is 1. The second kappa shape index (κ2) is 5.94. The lowest BCUT2D eigenvalue weighted by atomic mass is 10.1. The largest absolute Gasteiger partial charge is 0.467 e. The summed E-state index contributed by atoms with van der Waals surface area (Å²) in [5.41, 5.74) is 1.07. The van der Waals surface area contributed by atoms with Crippen molar-refractivity contribution >= 4 is 5.91 Å². The van der Waals surface area contributed by atoms with Gasteiger partial charge in [0.15, 0.2) is 23.0 Å². The van der Waals surface area contributed by atoms with Crippen LogP contribution in [0.4, 0.5) is 0 Å². The Balaban J connectivity index is 1.40. The van der Waals surface area contributed by atoms with E-state index in [1.807, 2.05) is 30.3 Å². The minimum absolute atomic E-state index is 0.0526. The van der Waals surface area contributed by atoms with Gasteiger partial charge >= 0.3 is 0 Å². The molecule has 5 rings (SSSR count). The molecule has 0 N–H and O–H groups in total. The van der Waals surface area contributed by atoms with Crippen LogP contribution in [0.25, 0.3) is 11.3 Å².